The van der Waals surface area contributed by atoms with Gasteiger partial charge in [-0.25, -0.2) is 19.2 Å². The molecule has 0 atom stereocenters. The summed E-state index contributed by atoms with van der Waals surface area (Å²) < 4.78 is 22.9. The fourth-order valence-electron chi connectivity index (χ4n) is 11.1. The number of nitrogens with zero attached hydrogens (tertiary/aromatic N) is 4. The Bertz CT molecular complexity index is 3360. The Morgan fingerprint density at radius 3 is 0.811 bits per heavy atom. The average Bonchev–Trinajstić information content (AvgIpc) is 0.767. The van der Waals surface area contributed by atoms with Crippen LogP contribution in [0, 0.1) is 0 Å². The lowest BCUT2D eigenvalue weighted by atomic mass is 9.77. The number of hydrogen-bond acceptors (Lipinski definition) is 10. The second-order valence-corrected chi connectivity index (χ2v) is 27.2. The Morgan fingerprint density at radius 1 is 0.337 bits per heavy atom. The van der Waals surface area contributed by atoms with Crippen molar-refractivity contribution in [3.63, 3.8) is 0 Å². The molecule has 0 aliphatic carbocycles. The molecule has 0 radical (unpaired) electrons. The number of ether oxygens (including phenoxy) is 4. The van der Waals surface area contributed by atoms with Gasteiger partial charge in [-0.2, -0.15) is 0 Å². The minimum absolute atomic E-state index is 0.0729. The second-order valence-electron chi connectivity index (χ2n) is 27.2. The molecule has 0 aliphatic rings. The predicted octanol–water partition coefficient (Wildman–Crippen LogP) is 16.5. The lowest BCUT2D eigenvalue weighted by Gasteiger charge is -2.37. The standard InChI is InChI=1S/C79H92N8O8/c1-74(2,3)92-70(88)82-68(83-71(89)93-75(4,5)6)86(55-31-53-80-78(60-33-19-13-20-34-60,61-35-21-14-22-36-61)62-37-23-15-24-38-62)66-49-45-58(46-50-66)57-59-47-51-67(52-48-59)87(69(84-72(90)94-76(7,8)9)85-73(91)95-77(10,11)12)56-32-54-81-79(63-39-25-16-26-40-63,64-41-27-17-28-42-64)65-43-29-18-30-44-65/h13-30,33-52,80-81H,31-32,53-57H2,1-12H3,(H,82,83,88,89)(H,84,85,90,91). The first-order valence-corrected chi connectivity index (χ1v) is 32.4. The van der Waals surface area contributed by atoms with E-state index >= 15 is 0 Å². The van der Waals surface area contributed by atoms with Gasteiger partial charge in [-0.3, -0.25) is 21.3 Å². The number of alkyl carbamates (subject to hydrolysis) is 2. The fourth-order valence-corrected chi connectivity index (χ4v) is 11.1. The molecule has 0 saturated carbocycles. The largest absolute Gasteiger partial charge is 0.444 e. The van der Waals surface area contributed by atoms with E-state index in [1.54, 1.807) is 92.9 Å². The molecule has 16 nitrogen and oxygen atoms in total. The Hall–Kier alpha value is -9.90. The summed E-state index contributed by atoms with van der Waals surface area (Å²) in [6.07, 6.45) is -1.86. The number of aliphatic imine (C=N–C) groups is 2. The first-order valence-electron chi connectivity index (χ1n) is 32.4. The third-order valence-electron chi connectivity index (χ3n) is 15.0. The van der Waals surface area contributed by atoms with Gasteiger partial charge in [0, 0.05) is 24.5 Å². The van der Waals surface area contributed by atoms with Crippen molar-refractivity contribution in [3.05, 3.63) is 275 Å². The Balaban J connectivity index is 1.11. The van der Waals surface area contributed by atoms with Gasteiger partial charge in [0.2, 0.25) is 11.9 Å². The lowest BCUT2D eigenvalue weighted by Crippen LogP contribution is -2.49. The maximum atomic E-state index is 13.7. The zero-order valence-electron chi connectivity index (χ0n) is 56.9. The van der Waals surface area contributed by atoms with Crippen LogP contribution < -0.4 is 31.1 Å². The molecule has 0 bridgehead atoms. The first-order chi connectivity index (χ1) is 45.2. The zero-order valence-corrected chi connectivity index (χ0v) is 56.9. The number of amides is 4. The molecule has 496 valence electrons. The summed E-state index contributed by atoms with van der Waals surface area (Å²) in [5.41, 5.74) is 4.51. The van der Waals surface area contributed by atoms with Crippen molar-refractivity contribution >= 4 is 47.7 Å². The van der Waals surface area contributed by atoms with Gasteiger partial charge < -0.3 is 28.7 Å². The molecule has 4 amide bonds. The molecule has 0 aromatic heterocycles. The van der Waals surface area contributed by atoms with E-state index in [9.17, 15) is 19.2 Å². The SMILES string of the molecule is CC(C)(C)OC(=O)/N=C(/NC(=O)OC(C)(C)C)N(CCCNC(c1ccccc1)(c1ccccc1)c1ccccc1)c1ccc(Cc2ccc(N(CCCNC(c3ccccc3)(c3ccccc3)c3ccccc3)/C(=N/C(=O)OC(C)(C)C)NC(=O)OC(C)(C)C)cc2)cc1. The van der Waals surface area contributed by atoms with Crippen LogP contribution in [0.5, 0.6) is 0 Å². The molecule has 0 saturated heterocycles. The highest BCUT2D eigenvalue weighted by Gasteiger charge is 2.38. The third kappa shape index (κ3) is 20.5. The van der Waals surface area contributed by atoms with Crippen LogP contribution in [-0.4, -0.2) is 84.9 Å². The topological polar surface area (TPSA) is 185 Å². The molecule has 0 unspecified atom stereocenters. The van der Waals surface area contributed by atoms with Crippen molar-refractivity contribution in [2.75, 3.05) is 36.0 Å². The molecular formula is C79H92N8O8. The summed E-state index contributed by atoms with van der Waals surface area (Å²) in [5.74, 6) is -0.146. The highest BCUT2D eigenvalue weighted by Crippen LogP contribution is 2.39. The van der Waals surface area contributed by atoms with Gasteiger partial charge in [0.15, 0.2) is 0 Å². The molecule has 4 N–H and O–H groups in total. The predicted molar refractivity (Wildman–Crippen MR) is 380 cm³/mol. The van der Waals surface area contributed by atoms with Gasteiger partial charge in [-0.15, -0.1) is 9.98 Å². The van der Waals surface area contributed by atoms with Gasteiger partial charge >= 0.3 is 24.4 Å². The third-order valence-corrected chi connectivity index (χ3v) is 15.0. The fraction of sp³-hybridized carbons (Fsp3) is 0.316. The number of anilines is 2. The maximum Gasteiger partial charge on any atom is 0.437 e. The van der Waals surface area contributed by atoms with Crippen LogP contribution in [0.25, 0.3) is 0 Å². The van der Waals surface area contributed by atoms with Crippen LogP contribution in [0.15, 0.2) is 241 Å². The second kappa shape index (κ2) is 31.8. The number of guanidine groups is 2. The summed E-state index contributed by atoms with van der Waals surface area (Å²) in [6, 6.07) is 77.8. The van der Waals surface area contributed by atoms with Crippen LogP contribution in [-0.2, 0) is 36.4 Å². The van der Waals surface area contributed by atoms with Crippen molar-refractivity contribution in [1.82, 2.24) is 21.3 Å². The molecule has 0 spiro atoms. The maximum absolute atomic E-state index is 13.7. The lowest BCUT2D eigenvalue weighted by molar-refractivity contribution is 0.0543. The highest BCUT2D eigenvalue weighted by molar-refractivity contribution is 6.08. The van der Waals surface area contributed by atoms with Crippen molar-refractivity contribution in [1.29, 1.82) is 0 Å². The summed E-state index contributed by atoms with van der Waals surface area (Å²) in [7, 11) is 0. The van der Waals surface area contributed by atoms with E-state index in [2.05, 4.69) is 104 Å². The monoisotopic (exact) mass is 1280 g/mol. The van der Waals surface area contributed by atoms with Crippen LogP contribution in [0.3, 0.4) is 0 Å². The molecule has 8 rings (SSSR count). The highest BCUT2D eigenvalue weighted by atomic mass is 16.6. The number of benzene rings is 8. The van der Waals surface area contributed by atoms with Crippen molar-refractivity contribution in [2.24, 2.45) is 9.98 Å². The van der Waals surface area contributed by atoms with Crippen LogP contribution in [0.4, 0.5) is 30.6 Å². The molecule has 95 heavy (non-hydrogen) atoms. The molecule has 8 aromatic rings. The summed E-state index contributed by atoms with van der Waals surface area (Å²) in [6.45, 7) is 22.6. The molecule has 0 aliphatic heterocycles. The Labute approximate surface area is 561 Å². The van der Waals surface area contributed by atoms with Gasteiger partial charge in [-0.1, -0.05) is 206 Å². The van der Waals surface area contributed by atoms with E-state index in [1.807, 2.05) is 158 Å². The van der Waals surface area contributed by atoms with E-state index < -0.39 is 57.9 Å². The number of carbonyl (C=O) groups excluding carboxylic acids is 4. The molecule has 16 heteroatoms. The van der Waals surface area contributed by atoms with Crippen molar-refractivity contribution in [3.8, 4) is 0 Å². The van der Waals surface area contributed by atoms with Crippen LogP contribution in [0.1, 0.15) is 140 Å². The van der Waals surface area contributed by atoms with Gasteiger partial charge in [0.25, 0.3) is 0 Å². The van der Waals surface area contributed by atoms with E-state index in [0.717, 1.165) is 44.5 Å². The van der Waals surface area contributed by atoms with Gasteiger partial charge in [0.1, 0.15) is 22.4 Å². The van der Waals surface area contributed by atoms with Gasteiger partial charge in [0.05, 0.1) is 11.1 Å². The molecule has 8 aromatic carbocycles. The summed E-state index contributed by atoms with van der Waals surface area (Å²) in [4.78, 5) is 67.3. The quantitative estimate of drug-likeness (QED) is 0.0186. The molecular weight excluding hydrogens is 1190 g/mol. The number of carbonyl (C=O) groups is 4. The summed E-state index contributed by atoms with van der Waals surface area (Å²) in [5, 5.41) is 13.5. The van der Waals surface area contributed by atoms with Crippen LogP contribution >= 0.6 is 0 Å². The number of rotatable bonds is 20. The van der Waals surface area contributed by atoms with Crippen molar-refractivity contribution < 1.29 is 38.1 Å². The molecule has 0 heterocycles. The molecule has 0 fully saturated rings. The van der Waals surface area contributed by atoms with E-state index in [-0.39, 0.29) is 25.0 Å². The average molecular weight is 1280 g/mol. The van der Waals surface area contributed by atoms with Crippen molar-refractivity contribution in [2.45, 2.75) is 136 Å². The van der Waals surface area contributed by atoms with E-state index in [4.69, 9.17) is 18.9 Å². The van der Waals surface area contributed by atoms with E-state index in [0.29, 0.717) is 43.7 Å². The summed E-state index contributed by atoms with van der Waals surface area (Å²) >= 11 is 0. The van der Waals surface area contributed by atoms with Gasteiger partial charge in [-0.05, 0) is 184 Å². The minimum atomic E-state index is -0.890. The van der Waals surface area contributed by atoms with Crippen LogP contribution in [0.2, 0.25) is 0 Å². The Kier molecular flexibility index (Phi) is 23.8. The first kappa shape index (κ1) is 71.0. The van der Waals surface area contributed by atoms with E-state index in [1.165, 1.54) is 0 Å². The normalized spacial score (nSPS) is 12.5. The Morgan fingerprint density at radius 2 is 0.579 bits per heavy atom. The zero-order chi connectivity index (χ0) is 68.3. The minimum Gasteiger partial charge on any atom is -0.444 e. The number of nitrogens with one attached hydrogen (secondary N) is 4. The smallest absolute Gasteiger partial charge is 0.437 e. The number of hydrogen-bond donors (Lipinski definition) is 4.